The predicted molar refractivity (Wildman–Crippen MR) is 128 cm³/mol. The van der Waals surface area contributed by atoms with Crippen molar-refractivity contribution in [2.45, 2.75) is 95.9 Å². The molecule has 1 aromatic rings. The molecule has 2 aliphatic heterocycles. The van der Waals surface area contributed by atoms with E-state index in [9.17, 15) is 4.79 Å². The molecule has 2 aliphatic rings. The van der Waals surface area contributed by atoms with Gasteiger partial charge in [-0.2, -0.15) is 0 Å². The van der Waals surface area contributed by atoms with Crippen molar-refractivity contribution in [3.8, 4) is 0 Å². The Bertz CT molecular complexity index is 855. The minimum atomic E-state index is -0.737. The lowest BCUT2D eigenvalue weighted by atomic mass is 10.1. The van der Waals surface area contributed by atoms with Gasteiger partial charge in [-0.15, -0.1) is 0 Å². The predicted octanol–water partition coefficient (Wildman–Crippen LogP) is 7.09. The van der Waals surface area contributed by atoms with Crippen LogP contribution in [-0.4, -0.2) is 40.7 Å². The lowest BCUT2D eigenvalue weighted by Gasteiger charge is -2.35. The number of nitrogens with zero attached hydrogens (tertiary/aromatic N) is 2. The third-order valence-electron chi connectivity index (χ3n) is 5.36. The molecule has 0 radical (unpaired) electrons. The Morgan fingerprint density at radius 3 is 2.71 bits per heavy atom. The summed E-state index contributed by atoms with van der Waals surface area (Å²) in [5.41, 5.74) is 0.756. The van der Waals surface area contributed by atoms with Gasteiger partial charge in [-0.05, 0) is 65.7 Å². The average Bonchev–Trinajstić information content (AvgIpc) is 2.88. The van der Waals surface area contributed by atoms with Gasteiger partial charge in [0.05, 0.1) is 18.3 Å². The van der Waals surface area contributed by atoms with Crippen LogP contribution < -0.4 is 0 Å². The van der Waals surface area contributed by atoms with Crippen molar-refractivity contribution in [3.05, 3.63) is 35.2 Å². The van der Waals surface area contributed by atoms with Gasteiger partial charge in [0, 0.05) is 15.5 Å². The second-order valence-electron chi connectivity index (χ2n) is 9.65. The average molecular weight is 445 g/mol. The highest BCUT2D eigenvalue weighted by Gasteiger charge is 2.47. The molecule has 1 fully saturated rings. The fraction of sp³-hybridized carbons (Fsp3) is 0.600. The summed E-state index contributed by atoms with van der Waals surface area (Å²) in [7, 11) is 0. The maximum atomic E-state index is 13.1. The lowest BCUT2D eigenvalue weighted by Crippen LogP contribution is -2.50. The number of hydrogen-bond acceptors (Lipinski definition) is 5. The summed E-state index contributed by atoms with van der Waals surface area (Å²) in [5.74, 6) is 0. The number of para-hydroxylation sites is 1. The fourth-order valence-corrected chi connectivity index (χ4v) is 4.96. The van der Waals surface area contributed by atoms with Gasteiger partial charge in [0.15, 0.2) is 0 Å². The monoisotopic (exact) mass is 444 g/mol. The molecule has 31 heavy (non-hydrogen) atoms. The number of benzene rings is 1. The molecule has 0 aliphatic carbocycles. The highest BCUT2D eigenvalue weighted by Crippen LogP contribution is 2.43. The van der Waals surface area contributed by atoms with Crippen molar-refractivity contribution in [1.29, 1.82) is 0 Å². The van der Waals surface area contributed by atoms with Crippen LogP contribution in [-0.2, 0) is 9.47 Å². The van der Waals surface area contributed by atoms with Gasteiger partial charge < -0.3 is 9.47 Å². The van der Waals surface area contributed by atoms with Gasteiger partial charge in [-0.25, -0.2) is 4.79 Å². The third kappa shape index (κ3) is 6.13. The summed E-state index contributed by atoms with van der Waals surface area (Å²) in [6, 6.07) is 8.01. The first-order valence-electron chi connectivity index (χ1n) is 11.3. The third-order valence-corrected chi connectivity index (χ3v) is 6.55. The molecule has 2 heterocycles. The first kappa shape index (κ1) is 23.9. The second kappa shape index (κ2) is 9.78. The van der Waals surface area contributed by atoms with Crippen molar-refractivity contribution in [3.63, 3.8) is 0 Å². The summed E-state index contributed by atoms with van der Waals surface area (Å²) in [6.07, 6.45) is 7.53. The number of amides is 1. The number of aliphatic imine (C=N–C) groups is 1. The molecule has 0 saturated carbocycles. The number of rotatable bonds is 6. The van der Waals surface area contributed by atoms with Gasteiger partial charge in [-0.1, -0.05) is 50.1 Å². The van der Waals surface area contributed by atoms with Crippen LogP contribution in [0, 0.1) is 0 Å². The molecular weight excluding hydrogens is 408 g/mol. The Balaban J connectivity index is 1.92. The molecule has 5 nitrogen and oxygen atoms in total. The van der Waals surface area contributed by atoms with E-state index in [1.165, 1.54) is 19.3 Å². The molecular formula is C25H36N2O3S. The number of thioether (sulfide) groups is 1. The number of hydrogen-bond donors (Lipinski definition) is 0. The molecule has 0 bridgehead atoms. The van der Waals surface area contributed by atoms with Gasteiger partial charge in [0.1, 0.15) is 11.3 Å². The van der Waals surface area contributed by atoms with E-state index in [0.29, 0.717) is 6.61 Å². The Kier molecular flexibility index (Phi) is 7.53. The van der Waals surface area contributed by atoms with Gasteiger partial charge in [0.2, 0.25) is 0 Å². The van der Waals surface area contributed by atoms with Gasteiger partial charge in [0.25, 0.3) is 0 Å². The molecule has 1 amide bonds. The van der Waals surface area contributed by atoms with E-state index in [-0.39, 0.29) is 12.1 Å². The smallest absolute Gasteiger partial charge is 0.413 e. The summed E-state index contributed by atoms with van der Waals surface area (Å²) in [5, 5.41) is 0. The van der Waals surface area contributed by atoms with Crippen LogP contribution in [0.4, 0.5) is 10.5 Å². The number of carbonyl (C=O) groups excluding carboxylic acids is 1. The molecule has 0 N–H and O–H groups in total. The fourth-order valence-electron chi connectivity index (χ4n) is 3.84. The number of allylic oxidation sites excluding steroid dienone is 1. The van der Waals surface area contributed by atoms with Crippen LogP contribution in [0.5, 0.6) is 0 Å². The van der Waals surface area contributed by atoms with E-state index in [1.54, 1.807) is 16.7 Å². The van der Waals surface area contributed by atoms with E-state index in [2.05, 4.69) is 25.1 Å². The van der Waals surface area contributed by atoms with Crippen molar-refractivity contribution in [1.82, 2.24) is 4.90 Å². The van der Waals surface area contributed by atoms with Crippen molar-refractivity contribution < 1.29 is 14.3 Å². The van der Waals surface area contributed by atoms with E-state index in [4.69, 9.17) is 14.5 Å². The zero-order chi connectivity index (χ0) is 22.6. The quantitative estimate of drug-likeness (QED) is 0.439. The second-order valence-corrected chi connectivity index (χ2v) is 10.8. The summed E-state index contributed by atoms with van der Waals surface area (Å²) < 4.78 is 11.8. The maximum absolute atomic E-state index is 13.1. The SMILES string of the molecule is CCCCCCC1=Nc2ccccc2SC([C@@H]2COC(C)(C)N2C(=O)OC(C)(C)C)=C1. The number of fused-ring (bicyclic) bond motifs is 1. The van der Waals surface area contributed by atoms with Crippen LogP contribution in [0.25, 0.3) is 0 Å². The van der Waals surface area contributed by atoms with Crippen LogP contribution >= 0.6 is 11.8 Å². The molecule has 3 rings (SSSR count). The number of ether oxygens (including phenoxy) is 2. The van der Waals surface area contributed by atoms with Gasteiger partial charge >= 0.3 is 6.09 Å². The number of carbonyl (C=O) groups is 1. The normalized spacial score (nSPS) is 20.6. The summed E-state index contributed by atoms with van der Waals surface area (Å²) >= 11 is 1.68. The molecule has 1 aromatic carbocycles. The highest BCUT2D eigenvalue weighted by molar-refractivity contribution is 8.03. The largest absolute Gasteiger partial charge is 0.444 e. The van der Waals surface area contributed by atoms with Crippen LogP contribution in [0.1, 0.15) is 73.6 Å². The Morgan fingerprint density at radius 1 is 1.26 bits per heavy atom. The van der Waals surface area contributed by atoms with E-state index in [0.717, 1.165) is 34.0 Å². The summed E-state index contributed by atoms with van der Waals surface area (Å²) in [4.78, 5) is 22.0. The first-order chi connectivity index (χ1) is 14.6. The molecule has 0 spiro atoms. The van der Waals surface area contributed by atoms with Crippen LogP contribution in [0.15, 0.2) is 45.1 Å². The van der Waals surface area contributed by atoms with E-state index in [1.807, 2.05) is 46.8 Å². The maximum Gasteiger partial charge on any atom is 0.413 e. The van der Waals surface area contributed by atoms with Crippen molar-refractivity contribution >= 4 is 29.3 Å². The zero-order valence-corrected chi connectivity index (χ0v) is 20.6. The van der Waals surface area contributed by atoms with Crippen molar-refractivity contribution in [2.24, 2.45) is 4.99 Å². The van der Waals surface area contributed by atoms with Crippen LogP contribution in [0.3, 0.4) is 0 Å². The Morgan fingerprint density at radius 2 is 2.00 bits per heavy atom. The molecule has 170 valence electrons. The topological polar surface area (TPSA) is 51.1 Å². The molecule has 1 saturated heterocycles. The lowest BCUT2D eigenvalue weighted by molar-refractivity contribution is -0.0611. The minimum Gasteiger partial charge on any atom is -0.444 e. The Hall–Kier alpha value is -1.79. The minimum absolute atomic E-state index is 0.207. The molecule has 0 unspecified atom stereocenters. The van der Waals surface area contributed by atoms with Crippen LogP contribution in [0.2, 0.25) is 0 Å². The van der Waals surface area contributed by atoms with Gasteiger partial charge in [-0.3, -0.25) is 9.89 Å². The molecule has 6 heteroatoms. The Labute approximate surface area is 191 Å². The molecule has 0 aromatic heterocycles. The highest BCUT2D eigenvalue weighted by atomic mass is 32.2. The first-order valence-corrected chi connectivity index (χ1v) is 12.1. The van der Waals surface area contributed by atoms with Crippen molar-refractivity contribution in [2.75, 3.05) is 6.61 Å². The number of unbranched alkanes of at least 4 members (excludes halogenated alkanes) is 3. The van der Waals surface area contributed by atoms with E-state index >= 15 is 0 Å². The van der Waals surface area contributed by atoms with E-state index < -0.39 is 11.3 Å². The molecule has 1 atom stereocenters. The summed E-state index contributed by atoms with van der Waals surface area (Å²) in [6.45, 7) is 12.2. The zero-order valence-electron chi connectivity index (χ0n) is 19.7. The standard InChI is InChI=1S/C25H36N2O3S/c1-7-8-9-10-13-18-16-22(31-21-15-12-11-14-19(21)26-18)20-17-29-25(5,6)27(20)23(28)30-24(2,3)4/h11-12,14-16,20H,7-10,13,17H2,1-6H3/t20-/m0/s1.